The van der Waals surface area contributed by atoms with Gasteiger partial charge in [-0.15, -0.1) is 0 Å². The highest BCUT2D eigenvalue weighted by Crippen LogP contribution is 2.22. The molecule has 0 atom stereocenters. The summed E-state index contributed by atoms with van der Waals surface area (Å²) in [5, 5.41) is 0.244. The molecule has 0 unspecified atom stereocenters. The Balaban J connectivity index is 3.09. The molecule has 1 rings (SSSR count). The number of ketones is 1. The van der Waals surface area contributed by atoms with Crippen molar-refractivity contribution in [3.8, 4) is 0 Å². The van der Waals surface area contributed by atoms with Crippen molar-refractivity contribution in [3.05, 3.63) is 33.8 Å². The van der Waals surface area contributed by atoms with E-state index in [2.05, 4.69) is 0 Å². The highest BCUT2D eigenvalue weighted by atomic mass is 35.5. The molecular formula is C8H4Cl2F2O. The topological polar surface area (TPSA) is 17.1 Å². The first-order valence-electron chi connectivity index (χ1n) is 3.30. The lowest BCUT2D eigenvalue weighted by Gasteiger charge is -2.01. The van der Waals surface area contributed by atoms with Crippen molar-refractivity contribution in [1.82, 2.24) is 0 Å². The molecule has 5 heteroatoms. The van der Waals surface area contributed by atoms with E-state index in [0.717, 1.165) is 0 Å². The minimum Gasteiger partial charge on any atom is -0.288 e. The Hall–Kier alpha value is -0.670. The normalized spacial score (nSPS) is 10.5. The summed E-state index contributed by atoms with van der Waals surface area (Å²) in [6.07, 6.45) is -3.04. The number of alkyl halides is 2. The average molecular weight is 225 g/mol. The van der Waals surface area contributed by atoms with Gasteiger partial charge in [-0.25, -0.2) is 8.78 Å². The Morgan fingerprint density at radius 3 is 2.38 bits per heavy atom. The van der Waals surface area contributed by atoms with Crippen molar-refractivity contribution in [2.75, 3.05) is 0 Å². The number of carbonyl (C=O) groups is 1. The molecule has 1 nitrogen and oxygen atoms in total. The summed E-state index contributed by atoms with van der Waals surface area (Å²) in [7, 11) is 0. The lowest BCUT2D eigenvalue weighted by atomic mass is 10.1. The van der Waals surface area contributed by atoms with E-state index in [4.69, 9.17) is 23.2 Å². The van der Waals surface area contributed by atoms with Crippen LogP contribution in [0.1, 0.15) is 10.4 Å². The van der Waals surface area contributed by atoms with Crippen LogP contribution in [0.3, 0.4) is 0 Å². The molecule has 0 saturated carbocycles. The molecule has 0 amide bonds. The number of rotatable bonds is 2. The fourth-order valence-electron chi connectivity index (χ4n) is 0.807. The molecule has 0 N–H and O–H groups in total. The third kappa shape index (κ3) is 2.39. The number of hydrogen-bond donors (Lipinski definition) is 0. The van der Waals surface area contributed by atoms with Crippen LogP contribution >= 0.6 is 23.2 Å². The van der Waals surface area contributed by atoms with Crippen molar-refractivity contribution in [1.29, 1.82) is 0 Å². The predicted molar refractivity (Wildman–Crippen MR) is 46.8 cm³/mol. The van der Waals surface area contributed by atoms with Gasteiger partial charge in [-0.05, 0) is 18.2 Å². The molecule has 0 saturated heterocycles. The molecule has 0 heterocycles. The van der Waals surface area contributed by atoms with Gasteiger partial charge in [0.05, 0.1) is 5.02 Å². The third-order valence-corrected chi connectivity index (χ3v) is 1.94. The minimum atomic E-state index is -3.04. The Kier molecular flexibility index (Phi) is 3.22. The van der Waals surface area contributed by atoms with Crippen LogP contribution in [0.5, 0.6) is 0 Å². The zero-order valence-corrected chi connectivity index (χ0v) is 7.74. The van der Waals surface area contributed by atoms with Crippen molar-refractivity contribution >= 4 is 29.0 Å². The molecule has 0 bridgehead atoms. The van der Waals surface area contributed by atoms with Crippen LogP contribution in [0.25, 0.3) is 0 Å². The largest absolute Gasteiger partial charge is 0.300 e. The molecule has 0 aromatic heterocycles. The second-order valence-electron chi connectivity index (χ2n) is 2.29. The molecule has 0 radical (unpaired) electrons. The van der Waals surface area contributed by atoms with E-state index in [1.807, 2.05) is 0 Å². The lowest BCUT2D eigenvalue weighted by Crippen LogP contribution is -2.10. The Morgan fingerprint density at radius 2 is 1.92 bits per heavy atom. The SMILES string of the molecule is O=C(c1ccc(Cl)cc1Cl)C(F)F. The molecule has 0 aliphatic heterocycles. The van der Waals surface area contributed by atoms with Crippen molar-refractivity contribution < 1.29 is 13.6 Å². The summed E-state index contributed by atoms with van der Waals surface area (Å²) < 4.78 is 23.9. The maximum Gasteiger partial charge on any atom is 0.300 e. The first-order chi connectivity index (χ1) is 6.02. The summed E-state index contributed by atoms with van der Waals surface area (Å²) in [5.74, 6) is -1.29. The van der Waals surface area contributed by atoms with E-state index in [1.54, 1.807) is 0 Å². The lowest BCUT2D eigenvalue weighted by molar-refractivity contribution is 0.0679. The monoisotopic (exact) mass is 224 g/mol. The van der Waals surface area contributed by atoms with Gasteiger partial charge in [-0.3, -0.25) is 4.79 Å². The van der Waals surface area contributed by atoms with Crippen LogP contribution in [0.15, 0.2) is 18.2 Å². The second kappa shape index (κ2) is 4.03. The van der Waals surface area contributed by atoms with Gasteiger partial charge >= 0.3 is 6.43 Å². The minimum absolute atomic E-state index is 0.0576. The Labute approximate surface area is 83.3 Å². The fourth-order valence-corrected chi connectivity index (χ4v) is 1.31. The van der Waals surface area contributed by atoms with Crippen molar-refractivity contribution in [3.63, 3.8) is 0 Å². The van der Waals surface area contributed by atoms with Gasteiger partial charge in [0.1, 0.15) is 0 Å². The highest BCUT2D eigenvalue weighted by molar-refractivity contribution is 6.36. The quantitative estimate of drug-likeness (QED) is 0.704. The molecule has 0 spiro atoms. The smallest absolute Gasteiger partial charge is 0.288 e. The maximum absolute atomic E-state index is 12.0. The standard InChI is InChI=1S/C8H4Cl2F2O/c9-4-1-2-5(6(10)3-4)7(13)8(11)12/h1-3,8H. The average Bonchev–Trinajstić information content (AvgIpc) is 2.03. The maximum atomic E-state index is 12.0. The van der Waals surface area contributed by atoms with E-state index in [1.165, 1.54) is 18.2 Å². The Bertz CT molecular complexity index is 339. The first kappa shape index (κ1) is 10.4. The zero-order chi connectivity index (χ0) is 10.0. The van der Waals surface area contributed by atoms with Gasteiger partial charge in [-0.1, -0.05) is 23.2 Å². The van der Waals surface area contributed by atoms with E-state index < -0.39 is 12.2 Å². The van der Waals surface area contributed by atoms with Gasteiger partial charge in [0.25, 0.3) is 0 Å². The number of hydrogen-bond acceptors (Lipinski definition) is 1. The molecule has 0 aliphatic carbocycles. The van der Waals surface area contributed by atoms with Crippen LogP contribution in [0.2, 0.25) is 10.0 Å². The number of Topliss-reactive ketones (excluding diaryl/α,β-unsaturated/α-hetero) is 1. The fraction of sp³-hybridized carbons (Fsp3) is 0.125. The van der Waals surface area contributed by atoms with E-state index in [0.29, 0.717) is 5.02 Å². The molecule has 70 valence electrons. The molecule has 13 heavy (non-hydrogen) atoms. The first-order valence-corrected chi connectivity index (χ1v) is 4.05. The van der Waals surface area contributed by atoms with Crippen LogP contribution in [-0.4, -0.2) is 12.2 Å². The summed E-state index contributed by atoms with van der Waals surface area (Å²) in [6.45, 7) is 0. The van der Waals surface area contributed by atoms with Gasteiger partial charge < -0.3 is 0 Å². The van der Waals surface area contributed by atoms with Gasteiger partial charge in [0.2, 0.25) is 5.78 Å². The zero-order valence-electron chi connectivity index (χ0n) is 6.23. The van der Waals surface area contributed by atoms with Crippen molar-refractivity contribution in [2.24, 2.45) is 0 Å². The van der Waals surface area contributed by atoms with Crippen LogP contribution in [-0.2, 0) is 0 Å². The molecule has 1 aromatic rings. The number of carbonyl (C=O) groups excluding carboxylic acids is 1. The van der Waals surface area contributed by atoms with E-state index in [-0.39, 0.29) is 10.6 Å². The van der Waals surface area contributed by atoms with E-state index >= 15 is 0 Å². The second-order valence-corrected chi connectivity index (χ2v) is 3.13. The van der Waals surface area contributed by atoms with Crippen LogP contribution in [0.4, 0.5) is 8.78 Å². The summed E-state index contributed by atoms with van der Waals surface area (Å²) in [5.41, 5.74) is -0.207. The molecule has 1 aromatic carbocycles. The van der Waals surface area contributed by atoms with Gasteiger partial charge in [0, 0.05) is 10.6 Å². The van der Waals surface area contributed by atoms with Crippen molar-refractivity contribution in [2.45, 2.75) is 6.43 Å². The molecule has 0 aliphatic rings. The summed E-state index contributed by atoms with van der Waals surface area (Å²) in [6, 6.07) is 3.76. The predicted octanol–water partition coefficient (Wildman–Crippen LogP) is 3.44. The van der Waals surface area contributed by atoms with Gasteiger partial charge in [0.15, 0.2) is 0 Å². The number of halogens is 4. The molecule has 0 fully saturated rings. The summed E-state index contributed by atoms with van der Waals surface area (Å²) in [4.78, 5) is 10.8. The Morgan fingerprint density at radius 1 is 1.31 bits per heavy atom. The highest BCUT2D eigenvalue weighted by Gasteiger charge is 2.20. The third-order valence-electron chi connectivity index (χ3n) is 1.39. The van der Waals surface area contributed by atoms with Crippen LogP contribution < -0.4 is 0 Å². The molecular weight excluding hydrogens is 221 g/mol. The summed E-state index contributed by atoms with van der Waals surface area (Å²) >= 11 is 11.0. The van der Waals surface area contributed by atoms with Crippen LogP contribution in [0, 0.1) is 0 Å². The number of benzene rings is 1. The van der Waals surface area contributed by atoms with Gasteiger partial charge in [-0.2, -0.15) is 0 Å². The van der Waals surface area contributed by atoms with E-state index in [9.17, 15) is 13.6 Å².